The fourth-order valence-corrected chi connectivity index (χ4v) is 8.17. The standard InChI is InChI=1S/C31H48O5SSi2/c1-30(2,3)38(7,8)35-26-25-24(21-32-28(34-25)22-17-13-11-14-18-22)33-29(37-23-19-15-12-16-20-23)27(26)36-39(9,10)31(4,5)6/h11-20,24-29H,21H2,1-10H3/t24-,25-,26+,27-,28-,29+/m1/s1. The number of benzene rings is 2. The van der Waals surface area contributed by atoms with Gasteiger partial charge in [-0.1, -0.05) is 102 Å². The van der Waals surface area contributed by atoms with Crippen molar-refractivity contribution in [2.24, 2.45) is 0 Å². The molecule has 2 aromatic carbocycles. The van der Waals surface area contributed by atoms with Crippen LogP contribution in [0.3, 0.4) is 0 Å². The van der Waals surface area contributed by atoms with Crippen LogP contribution < -0.4 is 0 Å². The summed E-state index contributed by atoms with van der Waals surface area (Å²) >= 11 is 1.71. The van der Waals surface area contributed by atoms with Gasteiger partial charge in [-0.2, -0.15) is 0 Å². The Morgan fingerprint density at radius 3 is 1.77 bits per heavy atom. The summed E-state index contributed by atoms with van der Waals surface area (Å²) in [5.74, 6) is 0. The molecule has 0 unspecified atom stereocenters. The number of hydrogen-bond donors (Lipinski definition) is 0. The smallest absolute Gasteiger partial charge is 0.192 e. The maximum Gasteiger partial charge on any atom is 0.192 e. The van der Waals surface area contributed by atoms with E-state index in [1.807, 2.05) is 24.3 Å². The third-order valence-electron chi connectivity index (χ3n) is 8.82. The molecule has 0 N–H and O–H groups in total. The molecule has 8 heteroatoms. The SMILES string of the molecule is CC(C)(C)[Si](C)(C)O[C@@H]1[C@@H](O[Si](C)(C)C(C)(C)C)[C@H](Sc2ccccc2)O[C@@H]2CO[C@@H](c3ccccc3)O[C@@H]12. The summed E-state index contributed by atoms with van der Waals surface area (Å²) in [5, 5.41) is 0.0742. The van der Waals surface area contributed by atoms with Crippen LogP contribution in [0.5, 0.6) is 0 Å². The zero-order valence-electron chi connectivity index (χ0n) is 25.4. The molecule has 6 atom stereocenters. The fraction of sp³-hybridized carbons (Fsp3) is 0.613. The molecule has 2 aliphatic heterocycles. The van der Waals surface area contributed by atoms with Crippen molar-refractivity contribution in [2.75, 3.05) is 6.61 Å². The van der Waals surface area contributed by atoms with E-state index in [0.29, 0.717) is 6.61 Å². The van der Waals surface area contributed by atoms with Gasteiger partial charge in [0.25, 0.3) is 0 Å². The lowest BCUT2D eigenvalue weighted by molar-refractivity contribution is -0.314. The highest BCUT2D eigenvalue weighted by molar-refractivity contribution is 7.99. The van der Waals surface area contributed by atoms with Gasteiger partial charge in [0, 0.05) is 10.5 Å². The third-order valence-corrected chi connectivity index (χ3v) is 18.9. The van der Waals surface area contributed by atoms with E-state index in [0.717, 1.165) is 10.5 Å². The molecule has 5 nitrogen and oxygen atoms in total. The second-order valence-electron chi connectivity index (χ2n) is 13.8. The summed E-state index contributed by atoms with van der Waals surface area (Å²) in [5.41, 5.74) is 0.752. The fourth-order valence-electron chi connectivity index (χ4n) is 4.35. The van der Waals surface area contributed by atoms with Gasteiger partial charge < -0.3 is 23.1 Å². The van der Waals surface area contributed by atoms with Gasteiger partial charge in [0.1, 0.15) is 29.9 Å². The molecule has 2 aromatic rings. The summed E-state index contributed by atoms with van der Waals surface area (Å²) in [6.07, 6.45) is -1.59. The average molecular weight is 589 g/mol. The van der Waals surface area contributed by atoms with Crippen molar-refractivity contribution in [2.45, 2.75) is 119 Å². The zero-order chi connectivity index (χ0) is 28.6. The number of ether oxygens (including phenoxy) is 3. The maximum atomic E-state index is 7.30. The highest BCUT2D eigenvalue weighted by atomic mass is 32.2. The molecule has 0 bridgehead atoms. The minimum Gasteiger partial charge on any atom is -0.408 e. The lowest BCUT2D eigenvalue weighted by Gasteiger charge is -2.54. The quantitative estimate of drug-likeness (QED) is 0.303. The van der Waals surface area contributed by atoms with Crippen molar-refractivity contribution < 1.29 is 23.1 Å². The first-order valence-electron chi connectivity index (χ1n) is 14.1. The molecule has 4 rings (SSSR count). The Morgan fingerprint density at radius 2 is 1.23 bits per heavy atom. The van der Waals surface area contributed by atoms with Crippen molar-refractivity contribution in [3.63, 3.8) is 0 Å². The predicted octanol–water partition coefficient (Wildman–Crippen LogP) is 8.40. The van der Waals surface area contributed by atoms with Crippen LogP contribution in [0.2, 0.25) is 36.3 Å². The van der Waals surface area contributed by atoms with E-state index in [1.54, 1.807) is 11.8 Å². The average Bonchev–Trinajstić information content (AvgIpc) is 2.85. The van der Waals surface area contributed by atoms with Crippen LogP contribution in [0, 0.1) is 0 Å². The van der Waals surface area contributed by atoms with Crippen molar-refractivity contribution in [1.29, 1.82) is 0 Å². The molecule has 2 aliphatic rings. The predicted molar refractivity (Wildman–Crippen MR) is 165 cm³/mol. The Kier molecular flexibility index (Phi) is 9.31. The number of hydrogen-bond acceptors (Lipinski definition) is 6. The molecule has 2 heterocycles. The minimum atomic E-state index is -2.20. The van der Waals surface area contributed by atoms with Crippen LogP contribution in [-0.2, 0) is 23.1 Å². The highest BCUT2D eigenvalue weighted by Crippen LogP contribution is 2.47. The van der Waals surface area contributed by atoms with Crippen LogP contribution >= 0.6 is 11.8 Å². The summed E-state index contributed by atoms with van der Waals surface area (Å²) in [6.45, 7) is 23.4. The van der Waals surface area contributed by atoms with E-state index >= 15 is 0 Å². The van der Waals surface area contributed by atoms with Crippen molar-refractivity contribution in [3.05, 3.63) is 66.2 Å². The third kappa shape index (κ3) is 7.09. The van der Waals surface area contributed by atoms with Gasteiger partial charge in [0.15, 0.2) is 22.9 Å². The Morgan fingerprint density at radius 1 is 0.718 bits per heavy atom. The summed E-state index contributed by atoms with van der Waals surface area (Å²) in [4.78, 5) is 1.15. The molecule has 0 spiro atoms. The number of rotatable bonds is 7. The van der Waals surface area contributed by atoms with E-state index in [4.69, 9.17) is 23.1 Å². The van der Waals surface area contributed by atoms with Crippen LogP contribution in [-0.4, -0.2) is 53.1 Å². The summed E-state index contributed by atoms with van der Waals surface area (Å²) in [6, 6.07) is 20.6. The Bertz CT molecular complexity index is 1070. The molecule has 39 heavy (non-hydrogen) atoms. The molecule has 0 saturated carbocycles. The van der Waals surface area contributed by atoms with E-state index < -0.39 is 22.9 Å². The van der Waals surface area contributed by atoms with Gasteiger partial charge in [0.05, 0.1) is 6.61 Å². The van der Waals surface area contributed by atoms with Gasteiger partial charge in [-0.15, -0.1) is 0 Å². The molecular formula is C31H48O5SSi2. The molecule has 0 aliphatic carbocycles. The topological polar surface area (TPSA) is 46.2 Å². The largest absolute Gasteiger partial charge is 0.408 e. The zero-order valence-corrected chi connectivity index (χ0v) is 28.2. The summed E-state index contributed by atoms with van der Waals surface area (Å²) < 4.78 is 34.4. The van der Waals surface area contributed by atoms with E-state index in [1.165, 1.54) is 0 Å². The monoisotopic (exact) mass is 588 g/mol. The van der Waals surface area contributed by atoms with E-state index in [-0.39, 0.29) is 39.9 Å². The van der Waals surface area contributed by atoms with Crippen molar-refractivity contribution >= 4 is 28.4 Å². The minimum absolute atomic E-state index is 0.0361. The molecule has 0 aromatic heterocycles. The highest BCUT2D eigenvalue weighted by Gasteiger charge is 2.56. The molecular weight excluding hydrogens is 541 g/mol. The molecule has 0 radical (unpaired) electrons. The number of thioether (sulfide) groups is 1. The normalized spacial score (nSPS) is 28.7. The first kappa shape index (κ1) is 31.0. The maximum absolute atomic E-state index is 7.30. The Balaban J connectivity index is 1.76. The van der Waals surface area contributed by atoms with Gasteiger partial charge in [0.2, 0.25) is 0 Å². The molecule has 2 fully saturated rings. The summed E-state index contributed by atoms with van der Waals surface area (Å²) in [7, 11) is -4.40. The lowest BCUT2D eigenvalue weighted by atomic mass is 9.99. The van der Waals surface area contributed by atoms with Crippen LogP contribution in [0.15, 0.2) is 65.6 Å². The molecule has 216 valence electrons. The van der Waals surface area contributed by atoms with Crippen LogP contribution in [0.4, 0.5) is 0 Å². The van der Waals surface area contributed by atoms with Gasteiger partial charge in [-0.25, -0.2) is 0 Å². The van der Waals surface area contributed by atoms with Gasteiger partial charge in [-0.3, -0.25) is 0 Å². The first-order valence-corrected chi connectivity index (χ1v) is 20.8. The van der Waals surface area contributed by atoms with Crippen LogP contribution in [0.25, 0.3) is 0 Å². The second kappa shape index (κ2) is 11.7. The van der Waals surface area contributed by atoms with E-state index in [2.05, 4.69) is 104 Å². The van der Waals surface area contributed by atoms with Crippen molar-refractivity contribution in [3.8, 4) is 0 Å². The molecule has 2 saturated heterocycles. The lowest BCUT2D eigenvalue weighted by Crippen LogP contribution is -2.66. The van der Waals surface area contributed by atoms with Crippen LogP contribution in [0.1, 0.15) is 53.4 Å². The Labute approximate surface area is 242 Å². The second-order valence-corrected chi connectivity index (χ2v) is 24.5. The van der Waals surface area contributed by atoms with Gasteiger partial charge >= 0.3 is 0 Å². The first-order chi connectivity index (χ1) is 18.1. The number of fused-ring (bicyclic) bond motifs is 1. The van der Waals surface area contributed by atoms with Crippen molar-refractivity contribution in [1.82, 2.24) is 0 Å². The Hall–Kier alpha value is -0.976. The van der Waals surface area contributed by atoms with Gasteiger partial charge in [-0.05, 0) is 48.4 Å². The molecule has 0 amide bonds. The van der Waals surface area contributed by atoms with E-state index in [9.17, 15) is 0 Å².